The van der Waals surface area contributed by atoms with Gasteiger partial charge in [-0.25, -0.2) is 4.39 Å². The van der Waals surface area contributed by atoms with Crippen molar-refractivity contribution < 1.29 is 18.7 Å². The Morgan fingerprint density at radius 2 is 1.85 bits per heavy atom. The molecular formula is C27H43FN2O3S. The third-order valence-corrected chi connectivity index (χ3v) is 5.53. The van der Waals surface area contributed by atoms with Gasteiger partial charge in [-0.15, -0.1) is 0 Å². The SMILES string of the molecule is C=C/C(C)=C(NSC)/C(F)=C\CCNC(=O)/C=C/C(CC)=C(/C=C(\C)C(C)(C)C)OCCOC. The van der Waals surface area contributed by atoms with E-state index >= 15 is 0 Å². The molecule has 0 saturated carbocycles. The van der Waals surface area contributed by atoms with Crippen molar-refractivity contribution in [2.45, 2.75) is 54.4 Å². The van der Waals surface area contributed by atoms with Crippen LogP contribution in [0.25, 0.3) is 0 Å². The first kappa shape index (κ1) is 31.8. The van der Waals surface area contributed by atoms with E-state index < -0.39 is 0 Å². The normalized spacial score (nSPS) is 14.5. The van der Waals surface area contributed by atoms with Crippen molar-refractivity contribution in [3.8, 4) is 0 Å². The van der Waals surface area contributed by atoms with E-state index in [-0.39, 0.29) is 17.1 Å². The van der Waals surface area contributed by atoms with Crippen LogP contribution in [-0.4, -0.2) is 39.0 Å². The fourth-order valence-corrected chi connectivity index (χ4v) is 2.97. The molecule has 0 aliphatic rings. The average molecular weight is 495 g/mol. The molecule has 0 unspecified atom stereocenters. The molecule has 0 heterocycles. The summed E-state index contributed by atoms with van der Waals surface area (Å²) >= 11 is 1.31. The lowest BCUT2D eigenvalue weighted by molar-refractivity contribution is -0.116. The van der Waals surface area contributed by atoms with Gasteiger partial charge in [-0.3, -0.25) is 4.79 Å². The molecule has 0 aliphatic heterocycles. The van der Waals surface area contributed by atoms with Crippen LogP contribution in [0.15, 0.2) is 71.0 Å². The molecule has 0 aromatic carbocycles. The average Bonchev–Trinajstić information content (AvgIpc) is 2.79. The predicted molar refractivity (Wildman–Crippen MR) is 144 cm³/mol. The molecule has 0 atom stereocenters. The van der Waals surface area contributed by atoms with E-state index in [0.29, 0.717) is 43.9 Å². The van der Waals surface area contributed by atoms with Crippen LogP contribution < -0.4 is 10.0 Å². The van der Waals surface area contributed by atoms with Gasteiger partial charge >= 0.3 is 0 Å². The van der Waals surface area contributed by atoms with Gasteiger partial charge in [0.15, 0.2) is 0 Å². The van der Waals surface area contributed by atoms with Crippen LogP contribution in [0.2, 0.25) is 0 Å². The molecule has 5 nitrogen and oxygen atoms in total. The molecule has 0 aromatic rings. The zero-order valence-electron chi connectivity index (χ0n) is 22.1. The van der Waals surface area contributed by atoms with E-state index in [2.05, 4.69) is 44.3 Å². The predicted octanol–water partition coefficient (Wildman–Crippen LogP) is 6.55. The second-order valence-electron chi connectivity index (χ2n) is 8.70. The molecule has 2 N–H and O–H groups in total. The summed E-state index contributed by atoms with van der Waals surface area (Å²) in [5, 5.41) is 2.79. The van der Waals surface area contributed by atoms with E-state index in [1.54, 1.807) is 26.2 Å². The summed E-state index contributed by atoms with van der Waals surface area (Å²) < 4.78 is 28.4. The largest absolute Gasteiger partial charge is 0.491 e. The lowest BCUT2D eigenvalue weighted by Gasteiger charge is -2.21. The highest BCUT2D eigenvalue weighted by Gasteiger charge is 2.14. The first-order chi connectivity index (χ1) is 16.0. The van der Waals surface area contributed by atoms with Crippen molar-refractivity contribution in [3.63, 3.8) is 0 Å². The first-order valence-corrected chi connectivity index (χ1v) is 12.7. The summed E-state index contributed by atoms with van der Waals surface area (Å²) in [5.74, 6) is 0.124. The molecule has 7 heteroatoms. The Kier molecular flexibility index (Phi) is 16.1. The van der Waals surface area contributed by atoms with Gasteiger partial charge in [0.2, 0.25) is 5.91 Å². The quantitative estimate of drug-likeness (QED) is 0.0889. The number of halogens is 1. The van der Waals surface area contributed by atoms with Crippen LogP contribution in [-0.2, 0) is 14.3 Å². The second-order valence-corrected chi connectivity index (χ2v) is 9.31. The summed E-state index contributed by atoms with van der Waals surface area (Å²) in [5.41, 5.74) is 3.20. The molecule has 0 aromatic heterocycles. The van der Waals surface area contributed by atoms with Crippen molar-refractivity contribution in [1.29, 1.82) is 0 Å². The standard InChI is InChI=1S/C27H43FN2O3S/c1-10-20(3)26(30-34-9)23(28)13-12-16-29-25(31)15-14-22(11-2)24(33-18-17-32-8)19-21(4)27(5,6)7/h10,13-15,19,30H,1,11-12,16-18H2,2-9H3,(H,29,31)/b15-14+,21-19+,23-13+,24-22-,26-20-. The fourth-order valence-electron chi connectivity index (χ4n) is 2.50. The van der Waals surface area contributed by atoms with Crippen molar-refractivity contribution in [2.75, 3.05) is 33.1 Å². The van der Waals surface area contributed by atoms with Crippen LogP contribution in [0.5, 0.6) is 0 Å². The van der Waals surface area contributed by atoms with Crippen LogP contribution in [0.1, 0.15) is 54.4 Å². The third kappa shape index (κ3) is 12.8. The van der Waals surface area contributed by atoms with Crippen molar-refractivity contribution in [3.05, 3.63) is 71.0 Å². The highest BCUT2D eigenvalue weighted by molar-refractivity contribution is 7.96. The summed E-state index contributed by atoms with van der Waals surface area (Å²) in [6, 6.07) is 0. The molecule has 0 fully saturated rings. The summed E-state index contributed by atoms with van der Waals surface area (Å²) in [6.07, 6.45) is 11.2. The van der Waals surface area contributed by atoms with E-state index in [9.17, 15) is 9.18 Å². The van der Waals surface area contributed by atoms with Crippen LogP contribution >= 0.6 is 11.9 Å². The number of nitrogens with one attached hydrogen (secondary N) is 2. The van der Waals surface area contributed by atoms with Gasteiger partial charge in [-0.05, 0) is 61.5 Å². The monoisotopic (exact) mass is 494 g/mol. The molecule has 0 bridgehead atoms. The van der Waals surface area contributed by atoms with Gasteiger partial charge in [0.1, 0.15) is 18.2 Å². The zero-order valence-corrected chi connectivity index (χ0v) is 23.0. The Hall–Kier alpha value is -2.25. The summed E-state index contributed by atoms with van der Waals surface area (Å²) in [7, 11) is 1.63. The lowest BCUT2D eigenvalue weighted by atomic mass is 9.87. The maximum atomic E-state index is 14.4. The van der Waals surface area contributed by atoms with Crippen molar-refractivity contribution in [1.82, 2.24) is 10.0 Å². The Bertz CT molecular complexity index is 818. The smallest absolute Gasteiger partial charge is 0.244 e. The van der Waals surface area contributed by atoms with E-state index in [1.165, 1.54) is 29.7 Å². The maximum Gasteiger partial charge on any atom is 0.244 e. The van der Waals surface area contributed by atoms with Crippen molar-refractivity contribution in [2.24, 2.45) is 5.41 Å². The molecule has 0 rings (SSSR count). The second kappa shape index (κ2) is 17.2. The van der Waals surface area contributed by atoms with Crippen molar-refractivity contribution >= 4 is 17.9 Å². The number of allylic oxidation sites excluding steroid dienone is 7. The third-order valence-electron chi connectivity index (χ3n) is 5.12. The summed E-state index contributed by atoms with van der Waals surface area (Å²) in [4.78, 5) is 12.3. The Morgan fingerprint density at radius 1 is 1.18 bits per heavy atom. The molecule has 0 saturated heterocycles. The number of hydrogen-bond donors (Lipinski definition) is 2. The summed E-state index contributed by atoms with van der Waals surface area (Å²) in [6.45, 7) is 17.2. The van der Waals surface area contributed by atoms with Gasteiger partial charge < -0.3 is 19.5 Å². The number of hydrogen-bond acceptors (Lipinski definition) is 5. The van der Waals surface area contributed by atoms with Gasteiger partial charge in [0, 0.05) is 26.0 Å². The van der Waals surface area contributed by atoms with Crippen LogP contribution in [0.4, 0.5) is 4.39 Å². The van der Waals surface area contributed by atoms with E-state index in [4.69, 9.17) is 9.47 Å². The maximum absolute atomic E-state index is 14.4. The molecule has 0 spiro atoms. The van der Waals surface area contributed by atoms with Crippen LogP contribution in [0.3, 0.4) is 0 Å². The number of carbonyl (C=O) groups excluding carboxylic acids is 1. The number of carbonyl (C=O) groups is 1. The highest BCUT2D eigenvalue weighted by atomic mass is 32.2. The van der Waals surface area contributed by atoms with E-state index in [1.807, 2.05) is 19.3 Å². The topological polar surface area (TPSA) is 59.6 Å². The van der Waals surface area contributed by atoms with Gasteiger partial charge in [0.05, 0.1) is 12.3 Å². The van der Waals surface area contributed by atoms with Gasteiger partial charge in [-0.1, -0.05) is 57.9 Å². The highest BCUT2D eigenvalue weighted by Crippen LogP contribution is 2.27. The minimum Gasteiger partial charge on any atom is -0.491 e. The van der Waals surface area contributed by atoms with Crippen LogP contribution in [0, 0.1) is 5.41 Å². The molecule has 34 heavy (non-hydrogen) atoms. The van der Waals surface area contributed by atoms with Gasteiger partial charge in [0.25, 0.3) is 0 Å². The molecule has 0 radical (unpaired) electrons. The number of ether oxygens (including phenoxy) is 2. The number of rotatable bonds is 15. The van der Waals surface area contributed by atoms with Gasteiger partial charge in [-0.2, -0.15) is 0 Å². The molecule has 0 aliphatic carbocycles. The molecule has 1 amide bonds. The molecular weight excluding hydrogens is 451 g/mol. The Balaban J connectivity index is 5.32. The lowest BCUT2D eigenvalue weighted by Crippen LogP contribution is -2.21. The zero-order chi connectivity index (χ0) is 26.1. The number of methoxy groups -OCH3 is 1. The Morgan fingerprint density at radius 3 is 2.38 bits per heavy atom. The van der Waals surface area contributed by atoms with E-state index in [0.717, 1.165) is 11.3 Å². The first-order valence-electron chi connectivity index (χ1n) is 11.5. The molecule has 192 valence electrons. The minimum absolute atomic E-state index is 0.00318. The minimum atomic E-state index is -0.369. The Labute approximate surface area is 210 Å². The number of amides is 1. The fraction of sp³-hybridized carbons (Fsp3) is 0.519.